The summed E-state index contributed by atoms with van der Waals surface area (Å²) in [6, 6.07) is 4.05. The topological polar surface area (TPSA) is 36.4 Å². The minimum atomic E-state index is -0.0811. The normalized spacial score (nSPS) is 18.7. The molecular formula is C13H18BrN3O. The lowest BCUT2D eigenvalue weighted by Crippen LogP contribution is -2.49. The number of pyridine rings is 1. The second kappa shape index (κ2) is 6.29. The number of aromatic nitrogens is 1. The van der Waals surface area contributed by atoms with Gasteiger partial charge in [-0.15, -0.1) is 0 Å². The Morgan fingerprint density at radius 2 is 2.17 bits per heavy atom. The molecule has 0 bridgehead atoms. The minimum Gasteiger partial charge on any atom is -0.339 e. The van der Waals surface area contributed by atoms with Crippen LogP contribution in [0.2, 0.25) is 0 Å². The first-order valence-corrected chi connectivity index (χ1v) is 7.12. The molecule has 1 fully saturated rings. The summed E-state index contributed by atoms with van der Waals surface area (Å²) in [6.45, 7) is 6.29. The van der Waals surface area contributed by atoms with Gasteiger partial charge in [0.1, 0.15) is 0 Å². The van der Waals surface area contributed by atoms with Crippen molar-refractivity contribution >= 4 is 21.8 Å². The van der Waals surface area contributed by atoms with Gasteiger partial charge in [0.05, 0.1) is 4.83 Å². The quantitative estimate of drug-likeness (QED) is 0.794. The van der Waals surface area contributed by atoms with E-state index in [2.05, 4.69) is 31.9 Å². The Hall–Kier alpha value is -0.940. The lowest BCUT2D eigenvalue weighted by atomic mass is 10.2. The number of hydrogen-bond donors (Lipinski definition) is 0. The fourth-order valence-corrected chi connectivity index (χ4v) is 2.42. The zero-order valence-electron chi connectivity index (χ0n) is 10.6. The first-order chi connectivity index (χ1) is 8.66. The van der Waals surface area contributed by atoms with E-state index in [1.54, 1.807) is 6.20 Å². The molecular weight excluding hydrogens is 294 g/mol. The number of alkyl halides is 1. The fraction of sp³-hybridized carbons (Fsp3) is 0.538. The Bertz CT molecular complexity index is 388. The number of nitrogens with zero attached hydrogens (tertiary/aromatic N) is 3. The highest BCUT2D eigenvalue weighted by Gasteiger charge is 2.23. The van der Waals surface area contributed by atoms with Crippen LogP contribution < -0.4 is 0 Å². The molecule has 0 spiro atoms. The van der Waals surface area contributed by atoms with Crippen molar-refractivity contribution in [3.8, 4) is 0 Å². The largest absolute Gasteiger partial charge is 0.339 e. The van der Waals surface area contributed by atoms with Crippen LogP contribution >= 0.6 is 15.9 Å². The zero-order chi connectivity index (χ0) is 13.0. The summed E-state index contributed by atoms with van der Waals surface area (Å²) in [7, 11) is 0. The summed E-state index contributed by atoms with van der Waals surface area (Å²) in [5.41, 5.74) is 1.23. The van der Waals surface area contributed by atoms with Crippen LogP contribution in [0.25, 0.3) is 0 Å². The van der Waals surface area contributed by atoms with Crippen molar-refractivity contribution in [2.24, 2.45) is 0 Å². The number of carbonyl (C=O) groups excluding carboxylic acids is 1. The summed E-state index contributed by atoms with van der Waals surface area (Å²) in [6.07, 6.45) is 3.69. The second-order valence-electron chi connectivity index (χ2n) is 4.58. The minimum absolute atomic E-state index is 0.0811. The molecule has 4 nitrogen and oxygen atoms in total. The molecule has 2 rings (SSSR count). The van der Waals surface area contributed by atoms with Crippen LogP contribution in [0.1, 0.15) is 12.5 Å². The van der Waals surface area contributed by atoms with Gasteiger partial charge < -0.3 is 4.90 Å². The maximum absolute atomic E-state index is 11.8. The predicted molar refractivity (Wildman–Crippen MR) is 74.5 cm³/mol. The van der Waals surface area contributed by atoms with Crippen LogP contribution in [0.3, 0.4) is 0 Å². The van der Waals surface area contributed by atoms with Gasteiger partial charge in [-0.05, 0) is 18.6 Å². The van der Waals surface area contributed by atoms with E-state index in [-0.39, 0.29) is 10.7 Å². The van der Waals surface area contributed by atoms with Crippen LogP contribution in [-0.4, -0.2) is 51.7 Å². The molecule has 0 N–H and O–H groups in total. The van der Waals surface area contributed by atoms with Gasteiger partial charge in [-0.25, -0.2) is 0 Å². The third-order valence-corrected chi connectivity index (χ3v) is 3.54. The van der Waals surface area contributed by atoms with Crippen molar-refractivity contribution in [3.05, 3.63) is 30.1 Å². The maximum Gasteiger partial charge on any atom is 0.236 e. The van der Waals surface area contributed by atoms with Gasteiger partial charge in [-0.3, -0.25) is 14.7 Å². The lowest BCUT2D eigenvalue weighted by Gasteiger charge is -2.35. The molecule has 1 unspecified atom stereocenters. The van der Waals surface area contributed by atoms with Crippen molar-refractivity contribution in [1.82, 2.24) is 14.8 Å². The Kier molecular flexibility index (Phi) is 4.72. The maximum atomic E-state index is 11.8. The highest BCUT2D eigenvalue weighted by molar-refractivity contribution is 9.10. The Labute approximate surface area is 116 Å². The Balaban J connectivity index is 1.82. The van der Waals surface area contributed by atoms with Crippen LogP contribution in [0.15, 0.2) is 24.5 Å². The molecule has 1 amide bonds. The Morgan fingerprint density at radius 1 is 1.44 bits per heavy atom. The van der Waals surface area contributed by atoms with Gasteiger partial charge in [0, 0.05) is 45.1 Å². The van der Waals surface area contributed by atoms with Crippen molar-refractivity contribution in [2.75, 3.05) is 26.2 Å². The molecule has 1 saturated heterocycles. The highest BCUT2D eigenvalue weighted by atomic mass is 79.9. The van der Waals surface area contributed by atoms with Crippen LogP contribution in [0.4, 0.5) is 0 Å². The van der Waals surface area contributed by atoms with Gasteiger partial charge in [0.25, 0.3) is 0 Å². The van der Waals surface area contributed by atoms with Gasteiger partial charge in [0.15, 0.2) is 0 Å². The third-order valence-electron chi connectivity index (χ3n) is 3.15. The molecule has 1 aliphatic rings. The number of halogens is 1. The van der Waals surface area contributed by atoms with E-state index in [9.17, 15) is 4.79 Å². The molecule has 2 heterocycles. The van der Waals surface area contributed by atoms with Crippen molar-refractivity contribution in [3.63, 3.8) is 0 Å². The van der Waals surface area contributed by atoms with Crippen molar-refractivity contribution in [2.45, 2.75) is 18.3 Å². The second-order valence-corrected chi connectivity index (χ2v) is 5.95. The summed E-state index contributed by atoms with van der Waals surface area (Å²) < 4.78 is 0. The summed E-state index contributed by atoms with van der Waals surface area (Å²) in [5, 5.41) is 0. The van der Waals surface area contributed by atoms with E-state index < -0.39 is 0 Å². The molecule has 0 radical (unpaired) electrons. The SMILES string of the molecule is CC(Br)C(=O)N1CCN(Cc2cccnc2)CC1. The van der Waals surface area contributed by atoms with Crippen LogP contribution in [-0.2, 0) is 11.3 Å². The van der Waals surface area contributed by atoms with Crippen molar-refractivity contribution in [1.29, 1.82) is 0 Å². The van der Waals surface area contributed by atoms with E-state index >= 15 is 0 Å². The molecule has 1 aliphatic heterocycles. The molecule has 18 heavy (non-hydrogen) atoms. The van der Waals surface area contributed by atoms with Crippen LogP contribution in [0, 0.1) is 0 Å². The number of carbonyl (C=O) groups is 1. The highest BCUT2D eigenvalue weighted by Crippen LogP contribution is 2.10. The van der Waals surface area contributed by atoms with E-state index in [0.29, 0.717) is 0 Å². The molecule has 5 heteroatoms. The molecule has 0 aliphatic carbocycles. The number of amides is 1. The average molecular weight is 312 g/mol. The number of rotatable bonds is 3. The standard InChI is InChI=1S/C13H18BrN3O/c1-11(14)13(18)17-7-5-16(6-8-17)10-12-3-2-4-15-9-12/h2-4,9,11H,5-8,10H2,1H3. The smallest absolute Gasteiger partial charge is 0.236 e. The van der Waals surface area contributed by atoms with Gasteiger partial charge in [0.2, 0.25) is 5.91 Å². The first kappa shape index (κ1) is 13.5. The van der Waals surface area contributed by atoms with E-state index in [0.717, 1.165) is 32.7 Å². The molecule has 98 valence electrons. The summed E-state index contributed by atoms with van der Waals surface area (Å²) >= 11 is 3.33. The monoisotopic (exact) mass is 311 g/mol. The molecule has 1 atom stereocenters. The van der Waals surface area contributed by atoms with Gasteiger partial charge in [-0.2, -0.15) is 0 Å². The Morgan fingerprint density at radius 3 is 2.72 bits per heavy atom. The van der Waals surface area contributed by atoms with Gasteiger partial charge >= 0.3 is 0 Å². The van der Waals surface area contributed by atoms with Gasteiger partial charge in [-0.1, -0.05) is 22.0 Å². The molecule has 1 aromatic heterocycles. The van der Waals surface area contributed by atoms with Crippen LogP contribution in [0.5, 0.6) is 0 Å². The summed E-state index contributed by atoms with van der Waals surface area (Å²) in [5.74, 6) is 0.191. The van der Waals surface area contributed by atoms with E-state index in [4.69, 9.17) is 0 Å². The number of hydrogen-bond acceptors (Lipinski definition) is 3. The van der Waals surface area contributed by atoms with Crippen molar-refractivity contribution < 1.29 is 4.79 Å². The van der Waals surface area contributed by atoms with E-state index in [1.807, 2.05) is 24.1 Å². The summed E-state index contributed by atoms with van der Waals surface area (Å²) in [4.78, 5) is 20.1. The predicted octanol–water partition coefficient (Wildman–Crippen LogP) is 1.51. The first-order valence-electron chi connectivity index (χ1n) is 6.21. The lowest BCUT2D eigenvalue weighted by molar-refractivity contribution is -0.131. The fourth-order valence-electron chi connectivity index (χ4n) is 2.13. The zero-order valence-corrected chi connectivity index (χ0v) is 12.1. The third kappa shape index (κ3) is 3.53. The van der Waals surface area contributed by atoms with E-state index in [1.165, 1.54) is 5.56 Å². The molecule has 0 saturated carbocycles. The molecule has 1 aromatic rings. The number of piperazine rings is 1. The molecule has 0 aromatic carbocycles. The average Bonchev–Trinajstić information content (AvgIpc) is 2.40.